The van der Waals surface area contributed by atoms with Crippen molar-refractivity contribution in [1.82, 2.24) is 10.2 Å². The van der Waals surface area contributed by atoms with Crippen molar-refractivity contribution < 1.29 is 5.11 Å². The molecule has 1 aromatic rings. The number of benzene rings is 1. The molecule has 2 fully saturated rings. The van der Waals surface area contributed by atoms with Gasteiger partial charge in [0.15, 0.2) is 0 Å². The zero-order chi connectivity index (χ0) is 16.1. The lowest BCUT2D eigenvalue weighted by Crippen LogP contribution is -2.42. The third-order valence-electron chi connectivity index (χ3n) is 5.40. The molecule has 1 saturated heterocycles. The number of aliphatic hydroxyl groups is 1. The lowest BCUT2D eigenvalue weighted by molar-refractivity contribution is -0.00843. The summed E-state index contributed by atoms with van der Waals surface area (Å²) in [7, 11) is 0. The minimum absolute atomic E-state index is 0.511. The lowest BCUT2D eigenvalue weighted by Gasteiger charge is -2.37. The zero-order valence-corrected chi connectivity index (χ0v) is 13.8. The first-order valence-corrected chi connectivity index (χ1v) is 8.88. The Bertz CT molecular complexity index is 552. The molecule has 0 unspecified atom stereocenters. The summed E-state index contributed by atoms with van der Waals surface area (Å²) in [5, 5.41) is 23.6. The van der Waals surface area contributed by atoms with E-state index in [1.54, 1.807) is 6.07 Å². The third-order valence-corrected chi connectivity index (χ3v) is 5.40. The van der Waals surface area contributed by atoms with Crippen molar-refractivity contribution >= 4 is 0 Å². The van der Waals surface area contributed by atoms with E-state index < -0.39 is 5.60 Å². The molecule has 1 aromatic carbocycles. The third kappa shape index (κ3) is 4.11. The van der Waals surface area contributed by atoms with Crippen LogP contribution < -0.4 is 5.32 Å². The second-order valence-corrected chi connectivity index (χ2v) is 7.00. The van der Waals surface area contributed by atoms with Gasteiger partial charge in [0.1, 0.15) is 0 Å². The Morgan fingerprint density at radius 1 is 1.26 bits per heavy atom. The summed E-state index contributed by atoms with van der Waals surface area (Å²) >= 11 is 0. The van der Waals surface area contributed by atoms with E-state index in [4.69, 9.17) is 5.26 Å². The van der Waals surface area contributed by atoms with Crippen molar-refractivity contribution in [1.29, 1.82) is 5.26 Å². The predicted molar refractivity (Wildman–Crippen MR) is 91.0 cm³/mol. The Balaban J connectivity index is 1.48. The molecular weight excluding hydrogens is 286 g/mol. The maximum absolute atomic E-state index is 10.9. The normalized spacial score (nSPS) is 28.6. The molecule has 1 heterocycles. The fourth-order valence-corrected chi connectivity index (χ4v) is 3.90. The number of nitrogens with one attached hydrogen (secondary N) is 1. The highest BCUT2D eigenvalue weighted by molar-refractivity contribution is 5.35. The van der Waals surface area contributed by atoms with Crippen molar-refractivity contribution in [2.24, 2.45) is 0 Å². The molecule has 0 radical (unpaired) electrons. The maximum atomic E-state index is 10.9. The van der Waals surface area contributed by atoms with Gasteiger partial charge in [-0.3, -0.25) is 0 Å². The molecule has 124 valence electrons. The summed E-state index contributed by atoms with van der Waals surface area (Å²) in [4.78, 5) is 2.53. The molecule has 23 heavy (non-hydrogen) atoms. The highest BCUT2D eigenvalue weighted by Gasteiger charge is 2.34. The van der Waals surface area contributed by atoms with Gasteiger partial charge in [0.2, 0.25) is 0 Å². The molecular formula is C19H27N3O. The van der Waals surface area contributed by atoms with Gasteiger partial charge < -0.3 is 15.3 Å². The molecule has 0 bridgehead atoms. The number of rotatable bonds is 5. The average molecular weight is 313 g/mol. The lowest BCUT2D eigenvalue weighted by atomic mass is 9.77. The van der Waals surface area contributed by atoms with Crippen LogP contribution in [0.5, 0.6) is 0 Å². The van der Waals surface area contributed by atoms with Gasteiger partial charge in [-0.1, -0.05) is 12.1 Å². The first kappa shape index (κ1) is 16.4. The number of likely N-dealkylation sites (tertiary alicyclic amines) is 1. The topological polar surface area (TPSA) is 59.3 Å². The van der Waals surface area contributed by atoms with E-state index in [1.165, 1.54) is 25.9 Å². The summed E-state index contributed by atoms with van der Waals surface area (Å²) in [5.41, 5.74) is 0.758. The summed E-state index contributed by atoms with van der Waals surface area (Å²) < 4.78 is 0. The van der Waals surface area contributed by atoms with E-state index in [-0.39, 0.29) is 0 Å². The predicted octanol–water partition coefficient (Wildman–Crippen LogP) is 2.37. The Hall–Kier alpha value is -1.41. The second kappa shape index (κ2) is 7.44. The smallest absolute Gasteiger partial charge is 0.0991 e. The standard InChI is InChI=1S/C19H27N3O/c20-15-16-4-3-5-17(14-16)19(23)8-6-18(7-9-19)21-10-13-22-11-1-2-12-22/h3-5,14,18,21,23H,1-2,6-13H2. The average Bonchev–Trinajstić information content (AvgIpc) is 3.10. The molecule has 2 aliphatic rings. The minimum Gasteiger partial charge on any atom is -0.385 e. The van der Waals surface area contributed by atoms with E-state index in [1.807, 2.05) is 18.2 Å². The number of hydrogen-bond acceptors (Lipinski definition) is 4. The van der Waals surface area contributed by atoms with Gasteiger partial charge in [-0.2, -0.15) is 5.26 Å². The van der Waals surface area contributed by atoms with Crippen LogP contribution in [0.15, 0.2) is 24.3 Å². The molecule has 1 saturated carbocycles. The number of nitriles is 1. The van der Waals surface area contributed by atoms with Gasteiger partial charge in [0.25, 0.3) is 0 Å². The van der Waals surface area contributed by atoms with Crippen molar-refractivity contribution in [2.45, 2.75) is 50.2 Å². The van der Waals surface area contributed by atoms with Crippen molar-refractivity contribution in [2.75, 3.05) is 26.2 Å². The van der Waals surface area contributed by atoms with E-state index in [0.717, 1.165) is 44.3 Å². The van der Waals surface area contributed by atoms with Crippen LogP contribution >= 0.6 is 0 Å². The highest BCUT2D eigenvalue weighted by Crippen LogP contribution is 2.37. The monoisotopic (exact) mass is 313 g/mol. The van der Waals surface area contributed by atoms with E-state index in [0.29, 0.717) is 11.6 Å². The maximum Gasteiger partial charge on any atom is 0.0991 e. The first-order valence-electron chi connectivity index (χ1n) is 8.88. The largest absolute Gasteiger partial charge is 0.385 e. The van der Waals surface area contributed by atoms with Gasteiger partial charge in [0, 0.05) is 19.1 Å². The summed E-state index contributed by atoms with van der Waals surface area (Å²) in [6.07, 6.45) is 6.21. The summed E-state index contributed by atoms with van der Waals surface area (Å²) in [6.45, 7) is 4.70. The first-order chi connectivity index (χ1) is 11.2. The summed E-state index contributed by atoms with van der Waals surface area (Å²) in [5.74, 6) is 0. The molecule has 3 rings (SSSR count). The highest BCUT2D eigenvalue weighted by atomic mass is 16.3. The Morgan fingerprint density at radius 3 is 2.70 bits per heavy atom. The van der Waals surface area contributed by atoms with Crippen molar-refractivity contribution in [3.05, 3.63) is 35.4 Å². The minimum atomic E-state index is -0.764. The van der Waals surface area contributed by atoms with Gasteiger partial charge in [-0.25, -0.2) is 0 Å². The van der Waals surface area contributed by atoms with Crippen molar-refractivity contribution in [3.63, 3.8) is 0 Å². The van der Waals surface area contributed by atoms with Crippen LogP contribution in [-0.2, 0) is 5.60 Å². The van der Waals surface area contributed by atoms with Crippen LogP contribution in [0.2, 0.25) is 0 Å². The van der Waals surface area contributed by atoms with Crippen molar-refractivity contribution in [3.8, 4) is 6.07 Å². The van der Waals surface area contributed by atoms with Crippen LogP contribution in [0.3, 0.4) is 0 Å². The van der Waals surface area contributed by atoms with Gasteiger partial charge >= 0.3 is 0 Å². The van der Waals surface area contributed by atoms with Crippen LogP contribution in [0, 0.1) is 11.3 Å². The Morgan fingerprint density at radius 2 is 2.00 bits per heavy atom. The van der Waals surface area contributed by atoms with Gasteiger partial charge in [0.05, 0.1) is 17.2 Å². The molecule has 0 atom stereocenters. The molecule has 0 amide bonds. The van der Waals surface area contributed by atoms with Gasteiger partial charge in [-0.05, 0) is 69.3 Å². The molecule has 4 nitrogen and oxygen atoms in total. The van der Waals surface area contributed by atoms with Gasteiger partial charge in [-0.15, -0.1) is 0 Å². The van der Waals surface area contributed by atoms with E-state index in [9.17, 15) is 5.11 Å². The molecule has 0 aromatic heterocycles. The molecule has 2 N–H and O–H groups in total. The van der Waals surface area contributed by atoms with E-state index >= 15 is 0 Å². The fourth-order valence-electron chi connectivity index (χ4n) is 3.90. The molecule has 4 heteroatoms. The zero-order valence-electron chi connectivity index (χ0n) is 13.8. The fraction of sp³-hybridized carbons (Fsp3) is 0.632. The quantitative estimate of drug-likeness (QED) is 0.876. The number of nitrogens with zero attached hydrogens (tertiary/aromatic N) is 2. The van der Waals surface area contributed by atoms with Crippen LogP contribution in [0.25, 0.3) is 0 Å². The molecule has 1 aliphatic heterocycles. The SMILES string of the molecule is N#Cc1cccc(C2(O)CCC(NCCN3CCCC3)CC2)c1. The van der Waals surface area contributed by atoms with Crippen LogP contribution in [-0.4, -0.2) is 42.2 Å². The Labute approximate surface area is 139 Å². The van der Waals surface area contributed by atoms with E-state index in [2.05, 4.69) is 16.3 Å². The number of hydrogen-bond donors (Lipinski definition) is 2. The molecule has 1 aliphatic carbocycles. The van der Waals surface area contributed by atoms with Crippen LogP contribution in [0.4, 0.5) is 0 Å². The Kier molecular flexibility index (Phi) is 5.32. The molecule has 0 spiro atoms. The van der Waals surface area contributed by atoms with Crippen LogP contribution in [0.1, 0.15) is 49.7 Å². The second-order valence-electron chi connectivity index (χ2n) is 7.00. The summed E-state index contributed by atoms with van der Waals surface area (Å²) in [6, 6.07) is 10.1.